The molecule has 0 aliphatic carbocycles. The number of carbonyl (C=O) groups excluding carboxylic acids is 1. The Bertz CT molecular complexity index is 501. The number of hydrogen-bond donors (Lipinski definition) is 1. The summed E-state index contributed by atoms with van der Waals surface area (Å²) in [6, 6.07) is 0. The Balaban J connectivity index is 0. The fraction of sp³-hybridized carbons (Fsp3) is 0.882. The SMILES string of the molecule is C=COC(C)=O.CC(C)CCCCCCCCCCCCCCCCCCCCCCCCCCC(=O)O. The van der Waals surface area contributed by atoms with Crippen molar-refractivity contribution in [2.24, 2.45) is 5.92 Å². The topological polar surface area (TPSA) is 63.6 Å². The Hall–Kier alpha value is -1.32. The van der Waals surface area contributed by atoms with Gasteiger partial charge in [-0.3, -0.25) is 9.59 Å². The standard InChI is InChI=1S/C30H60O2.C4H6O2/c1-29(2)27-25-23-21-19-17-15-13-11-9-7-5-3-4-6-8-10-12-14-16-18-20-22-24-26-28-30(31)32;1-3-6-4(2)5/h29H,3-28H2,1-2H3,(H,31,32);3H,1H2,2H3. The maximum atomic E-state index is 10.4. The summed E-state index contributed by atoms with van der Waals surface area (Å²) in [5.74, 6) is -0.0918. The van der Waals surface area contributed by atoms with E-state index in [0.717, 1.165) is 25.0 Å². The molecule has 0 aromatic rings. The van der Waals surface area contributed by atoms with Gasteiger partial charge in [0.1, 0.15) is 0 Å². The number of ether oxygens (including phenoxy) is 1. The highest BCUT2D eigenvalue weighted by molar-refractivity contribution is 5.66. The molecule has 0 atom stereocenters. The minimum absolute atomic E-state index is 0.329. The molecule has 0 saturated heterocycles. The van der Waals surface area contributed by atoms with Gasteiger partial charge in [0.15, 0.2) is 0 Å². The van der Waals surface area contributed by atoms with Crippen molar-refractivity contribution in [3.05, 3.63) is 12.8 Å². The van der Waals surface area contributed by atoms with Gasteiger partial charge in [-0.15, -0.1) is 0 Å². The van der Waals surface area contributed by atoms with Crippen LogP contribution in [-0.4, -0.2) is 17.0 Å². The lowest BCUT2D eigenvalue weighted by molar-refractivity contribution is -0.137. The number of hydrogen-bond acceptors (Lipinski definition) is 3. The van der Waals surface area contributed by atoms with Crippen LogP contribution < -0.4 is 0 Å². The molecule has 0 bridgehead atoms. The van der Waals surface area contributed by atoms with Crippen LogP contribution in [-0.2, 0) is 14.3 Å². The van der Waals surface area contributed by atoms with Gasteiger partial charge >= 0.3 is 11.9 Å². The zero-order valence-electron chi connectivity index (χ0n) is 25.9. The fourth-order valence-electron chi connectivity index (χ4n) is 4.84. The summed E-state index contributed by atoms with van der Waals surface area (Å²) < 4.78 is 4.17. The van der Waals surface area contributed by atoms with Crippen LogP contribution in [0.15, 0.2) is 12.8 Å². The number of esters is 1. The minimum Gasteiger partial charge on any atom is -0.481 e. The van der Waals surface area contributed by atoms with Gasteiger partial charge in [0, 0.05) is 13.3 Å². The van der Waals surface area contributed by atoms with Gasteiger partial charge in [0.2, 0.25) is 0 Å². The van der Waals surface area contributed by atoms with Crippen LogP contribution in [0.5, 0.6) is 0 Å². The lowest BCUT2D eigenvalue weighted by Gasteiger charge is -2.05. The molecule has 0 spiro atoms. The molecule has 0 aromatic heterocycles. The Labute approximate surface area is 237 Å². The van der Waals surface area contributed by atoms with E-state index in [1.165, 1.54) is 155 Å². The highest BCUT2D eigenvalue weighted by Gasteiger charge is 1.98. The number of carboxylic acids is 1. The van der Waals surface area contributed by atoms with Crippen molar-refractivity contribution in [1.29, 1.82) is 0 Å². The van der Waals surface area contributed by atoms with Crippen molar-refractivity contribution < 1.29 is 19.4 Å². The first kappa shape index (κ1) is 38.8. The van der Waals surface area contributed by atoms with E-state index in [1.807, 2.05) is 0 Å². The number of rotatable bonds is 28. The first-order valence-electron chi connectivity index (χ1n) is 16.4. The quantitative estimate of drug-likeness (QED) is 0.0611. The van der Waals surface area contributed by atoms with Crippen molar-refractivity contribution in [1.82, 2.24) is 0 Å². The molecule has 38 heavy (non-hydrogen) atoms. The van der Waals surface area contributed by atoms with E-state index < -0.39 is 5.97 Å². The van der Waals surface area contributed by atoms with Crippen LogP contribution in [0.2, 0.25) is 0 Å². The van der Waals surface area contributed by atoms with E-state index in [2.05, 4.69) is 25.2 Å². The van der Waals surface area contributed by atoms with Gasteiger partial charge in [0.05, 0.1) is 6.26 Å². The van der Waals surface area contributed by atoms with Gasteiger partial charge < -0.3 is 9.84 Å². The second kappa shape index (κ2) is 33.7. The summed E-state index contributed by atoms with van der Waals surface area (Å²) >= 11 is 0. The van der Waals surface area contributed by atoms with Crippen molar-refractivity contribution in [2.45, 2.75) is 188 Å². The third kappa shape index (κ3) is 41.8. The lowest BCUT2D eigenvalue weighted by Crippen LogP contribution is -1.93. The molecule has 0 aliphatic rings. The molecule has 0 unspecified atom stereocenters. The van der Waals surface area contributed by atoms with Crippen LogP contribution in [0.25, 0.3) is 0 Å². The van der Waals surface area contributed by atoms with Gasteiger partial charge in [-0.25, -0.2) is 0 Å². The molecule has 0 saturated carbocycles. The third-order valence-corrected chi connectivity index (χ3v) is 7.17. The average molecular weight is 539 g/mol. The van der Waals surface area contributed by atoms with Gasteiger partial charge in [-0.05, 0) is 12.3 Å². The zero-order chi connectivity index (χ0) is 28.5. The fourth-order valence-corrected chi connectivity index (χ4v) is 4.84. The predicted molar refractivity (Wildman–Crippen MR) is 164 cm³/mol. The molecular weight excluding hydrogens is 472 g/mol. The summed E-state index contributed by atoms with van der Waals surface area (Å²) in [6.45, 7) is 9.15. The van der Waals surface area contributed by atoms with Crippen LogP contribution in [0.4, 0.5) is 0 Å². The maximum absolute atomic E-state index is 10.4. The Morgan fingerprint density at radius 3 is 1.03 bits per heavy atom. The highest BCUT2D eigenvalue weighted by atomic mass is 16.5. The second-order valence-electron chi connectivity index (χ2n) is 11.6. The van der Waals surface area contributed by atoms with Gasteiger partial charge in [-0.1, -0.05) is 175 Å². The summed E-state index contributed by atoms with van der Waals surface area (Å²) in [5, 5.41) is 8.61. The van der Waals surface area contributed by atoms with Gasteiger partial charge in [-0.2, -0.15) is 0 Å². The molecule has 0 amide bonds. The molecule has 0 heterocycles. The zero-order valence-corrected chi connectivity index (χ0v) is 25.9. The third-order valence-electron chi connectivity index (χ3n) is 7.17. The van der Waals surface area contributed by atoms with E-state index in [-0.39, 0.29) is 5.97 Å². The van der Waals surface area contributed by atoms with Crippen LogP contribution >= 0.6 is 0 Å². The number of aliphatic carboxylic acids is 1. The van der Waals surface area contributed by atoms with E-state index in [1.54, 1.807) is 0 Å². The molecule has 0 radical (unpaired) electrons. The second-order valence-corrected chi connectivity index (χ2v) is 11.6. The Kier molecular flexibility index (Phi) is 34.4. The molecule has 0 rings (SSSR count). The van der Waals surface area contributed by atoms with Crippen molar-refractivity contribution in [2.75, 3.05) is 0 Å². The monoisotopic (exact) mass is 538 g/mol. The van der Waals surface area contributed by atoms with Crippen LogP contribution in [0.1, 0.15) is 188 Å². The predicted octanol–water partition coefficient (Wildman–Crippen LogP) is 11.6. The number of carbonyl (C=O) groups is 2. The summed E-state index contributed by atoms with van der Waals surface area (Å²) in [7, 11) is 0. The number of unbranched alkanes of at least 4 members (excludes halogenated alkanes) is 23. The molecule has 4 nitrogen and oxygen atoms in total. The van der Waals surface area contributed by atoms with Crippen molar-refractivity contribution in [3.63, 3.8) is 0 Å². The summed E-state index contributed by atoms with van der Waals surface area (Å²) in [6.07, 6.45) is 36.1. The average Bonchev–Trinajstić information content (AvgIpc) is 2.86. The Morgan fingerprint density at radius 2 is 0.842 bits per heavy atom. The van der Waals surface area contributed by atoms with E-state index in [0.29, 0.717) is 6.42 Å². The molecule has 0 aromatic carbocycles. The normalized spacial score (nSPS) is 10.7. The van der Waals surface area contributed by atoms with Crippen LogP contribution in [0.3, 0.4) is 0 Å². The van der Waals surface area contributed by atoms with E-state index in [9.17, 15) is 9.59 Å². The summed E-state index contributed by atoms with van der Waals surface area (Å²) in [4.78, 5) is 20.2. The molecule has 0 fully saturated rings. The smallest absolute Gasteiger partial charge is 0.307 e. The van der Waals surface area contributed by atoms with E-state index in [4.69, 9.17) is 5.11 Å². The first-order valence-corrected chi connectivity index (χ1v) is 16.4. The van der Waals surface area contributed by atoms with Gasteiger partial charge in [0.25, 0.3) is 0 Å². The Morgan fingerprint density at radius 1 is 0.579 bits per heavy atom. The van der Waals surface area contributed by atoms with Crippen molar-refractivity contribution in [3.8, 4) is 0 Å². The minimum atomic E-state index is -0.649. The molecular formula is C34H66O4. The van der Waals surface area contributed by atoms with Crippen LogP contribution in [0, 0.1) is 5.92 Å². The lowest BCUT2D eigenvalue weighted by atomic mass is 10.0. The van der Waals surface area contributed by atoms with Crippen molar-refractivity contribution >= 4 is 11.9 Å². The maximum Gasteiger partial charge on any atom is 0.307 e. The largest absolute Gasteiger partial charge is 0.481 e. The first-order chi connectivity index (χ1) is 18.4. The number of carboxylic acid groups (broad SMARTS) is 1. The molecule has 1 N–H and O–H groups in total. The molecule has 4 heteroatoms. The molecule has 0 aliphatic heterocycles. The summed E-state index contributed by atoms with van der Waals surface area (Å²) in [5.41, 5.74) is 0. The van der Waals surface area contributed by atoms with E-state index >= 15 is 0 Å². The molecule has 226 valence electrons. The highest BCUT2D eigenvalue weighted by Crippen LogP contribution is 2.16.